The molecule has 16 heavy (non-hydrogen) atoms. The maximum Gasteiger partial charge on any atom is 0.184 e. The van der Waals surface area contributed by atoms with E-state index >= 15 is 0 Å². The van der Waals surface area contributed by atoms with Crippen LogP contribution in [0.25, 0.3) is 0 Å². The molecule has 1 unspecified atom stereocenters. The minimum Gasteiger partial charge on any atom is -0.475 e. The molecule has 0 radical (unpaired) electrons. The first-order valence-corrected chi connectivity index (χ1v) is 6.36. The summed E-state index contributed by atoms with van der Waals surface area (Å²) in [5.74, 6) is 1.10. The molecule has 1 aromatic carbocycles. The maximum atomic E-state index is 8.88. The van der Waals surface area contributed by atoms with Gasteiger partial charge in [-0.3, -0.25) is 0 Å². The molecule has 0 heterocycles. The summed E-state index contributed by atoms with van der Waals surface area (Å²) in [6.07, 6.45) is 0.245. The average molecular weight is 303 g/mol. The van der Waals surface area contributed by atoms with E-state index in [-0.39, 0.29) is 0 Å². The van der Waals surface area contributed by atoms with Crippen molar-refractivity contribution in [1.82, 2.24) is 0 Å². The summed E-state index contributed by atoms with van der Waals surface area (Å²) in [6.45, 7) is 3.86. The number of hydrogen-bond acceptors (Lipinski definition) is 2. The summed E-state index contributed by atoms with van der Waals surface area (Å²) < 4.78 is 6.62. The second kappa shape index (κ2) is 6.12. The Balaban J connectivity index is 3.07. The van der Waals surface area contributed by atoms with Crippen LogP contribution in [0.3, 0.4) is 0 Å². The molecule has 0 aliphatic rings. The van der Waals surface area contributed by atoms with Crippen molar-refractivity contribution in [2.75, 3.05) is 0 Å². The number of alkyl halides is 1. The Labute approximate surface area is 109 Å². The van der Waals surface area contributed by atoms with E-state index in [0.29, 0.717) is 12.3 Å². The van der Waals surface area contributed by atoms with Crippen molar-refractivity contribution in [3.05, 3.63) is 27.7 Å². The number of halogens is 2. The van der Waals surface area contributed by atoms with Crippen LogP contribution in [0.15, 0.2) is 16.6 Å². The Morgan fingerprint density at radius 3 is 2.75 bits per heavy atom. The Hall–Kier alpha value is -0.720. The van der Waals surface area contributed by atoms with Crippen LogP contribution in [0.5, 0.6) is 5.75 Å². The molecule has 0 spiro atoms. The minimum atomic E-state index is -0.415. The molecule has 0 bridgehead atoms. The maximum absolute atomic E-state index is 8.88. The van der Waals surface area contributed by atoms with Crippen molar-refractivity contribution < 1.29 is 4.74 Å². The van der Waals surface area contributed by atoms with E-state index in [1.54, 1.807) is 0 Å². The summed E-state index contributed by atoms with van der Waals surface area (Å²) >= 11 is 9.27. The topological polar surface area (TPSA) is 33.0 Å². The second-order valence-corrected chi connectivity index (χ2v) is 4.67. The highest BCUT2D eigenvalue weighted by molar-refractivity contribution is 9.10. The number of nitrogens with zero attached hydrogens (tertiary/aromatic N) is 1. The first-order chi connectivity index (χ1) is 7.62. The van der Waals surface area contributed by atoms with Gasteiger partial charge in [0.05, 0.1) is 5.88 Å². The van der Waals surface area contributed by atoms with E-state index in [2.05, 4.69) is 22.0 Å². The molecular weight excluding hydrogens is 289 g/mol. The van der Waals surface area contributed by atoms with Crippen molar-refractivity contribution in [2.45, 2.75) is 32.3 Å². The largest absolute Gasteiger partial charge is 0.475 e. The van der Waals surface area contributed by atoms with Crippen LogP contribution in [-0.2, 0) is 5.88 Å². The lowest BCUT2D eigenvalue weighted by Crippen LogP contribution is -2.14. The van der Waals surface area contributed by atoms with Crippen molar-refractivity contribution in [1.29, 1.82) is 5.26 Å². The van der Waals surface area contributed by atoms with Gasteiger partial charge in [0.25, 0.3) is 0 Å². The fourth-order valence-corrected chi connectivity index (χ4v) is 2.23. The van der Waals surface area contributed by atoms with Gasteiger partial charge in [0.1, 0.15) is 11.8 Å². The third-order valence-electron chi connectivity index (χ3n) is 2.24. The number of nitriles is 1. The van der Waals surface area contributed by atoms with Crippen LogP contribution >= 0.6 is 27.5 Å². The Bertz CT molecular complexity index is 414. The molecule has 0 amide bonds. The predicted molar refractivity (Wildman–Crippen MR) is 68.8 cm³/mol. The second-order valence-electron chi connectivity index (χ2n) is 3.49. The normalized spacial score (nSPS) is 11.9. The predicted octanol–water partition coefficient (Wildman–Crippen LogP) is 4.18. The van der Waals surface area contributed by atoms with Gasteiger partial charge in [0.2, 0.25) is 0 Å². The van der Waals surface area contributed by atoms with E-state index in [4.69, 9.17) is 21.6 Å². The molecule has 4 heteroatoms. The summed E-state index contributed by atoms with van der Waals surface area (Å²) in [5.41, 5.74) is 1.89. The van der Waals surface area contributed by atoms with Gasteiger partial charge in [-0.05, 0) is 31.0 Å². The summed E-state index contributed by atoms with van der Waals surface area (Å²) in [4.78, 5) is 0. The van der Waals surface area contributed by atoms with E-state index in [9.17, 15) is 0 Å². The number of aryl methyl sites for hydroxylation is 1. The molecule has 0 aliphatic carbocycles. The highest BCUT2D eigenvalue weighted by Gasteiger charge is 2.13. The molecule has 0 fully saturated rings. The van der Waals surface area contributed by atoms with E-state index in [0.717, 1.165) is 21.3 Å². The Morgan fingerprint density at radius 2 is 2.25 bits per heavy atom. The third-order valence-corrected chi connectivity index (χ3v) is 2.98. The number of hydrogen-bond donors (Lipinski definition) is 0. The van der Waals surface area contributed by atoms with Gasteiger partial charge in [0, 0.05) is 10.0 Å². The van der Waals surface area contributed by atoms with E-state index in [1.807, 2.05) is 26.0 Å². The zero-order valence-corrected chi connectivity index (χ0v) is 11.6. The lowest BCUT2D eigenvalue weighted by atomic mass is 10.1. The minimum absolute atomic E-state index is 0.372. The number of benzene rings is 1. The zero-order chi connectivity index (χ0) is 12.1. The molecule has 2 nitrogen and oxygen atoms in total. The fraction of sp³-hybridized carbons (Fsp3) is 0.417. The lowest BCUT2D eigenvalue weighted by molar-refractivity contribution is 0.248. The molecule has 0 N–H and O–H groups in total. The molecule has 1 aromatic rings. The molecule has 0 aromatic heterocycles. The first-order valence-electron chi connectivity index (χ1n) is 5.03. The van der Waals surface area contributed by atoms with Crippen molar-refractivity contribution in [2.24, 2.45) is 0 Å². The summed E-state index contributed by atoms with van der Waals surface area (Å²) in [5, 5.41) is 8.88. The smallest absolute Gasteiger partial charge is 0.184 e. The van der Waals surface area contributed by atoms with E-state index < -0.39 is 6.10 Å². The zero-order valence-electron chi connectivity index (χ0n) is 9.26. The molecule has 1 atom stereocenters. The molecule has 1 rings (SSSR count). The number of rotatable bonds is 4. The standard InChI is InChI=1S/C12H13BrClNO/c1-3-11(7-15)16-12-8(2)4-10(13)5-9(12)6-14/h4-5,11H,3,6H2,1-2H3. The highest BCUT2D eigenvalue weighted by Crippen LogP contribution is 2.30. The highest BCUT2D eigenvalue weighted by atomic mass is 79.9. The summed E-state index contributed by atoms with van der Waals surface area (Å²) in [6, 6.07) is 5.99. The third kappa shape index (κ3) is 3.13. The van der Waals surface area contributed by atoms with Gasteiger partial charge in [-0.25, -0.2) is 0 Å². The van der Waals surface area contributed by atoms with Crippen LogP contribution < -0.4 is 4.74 Å². The van der Waals surface area contributed by atoms with Crippen LogP contribution in [-0.4, -0.2) is 6.10 Å². The van der Waals surface area contributed by atoms with Gasteiger partial charge < -0.3 is 4.74 Å². The van der Waals surface area contributed by atoms with Gasteiger partial charge in [-0.1, -0.05) is 22.9 Å². The van der Waals surface area contributed by atoms with Crippen LogP contribution in [0.1, 0.15) is 24.5 Å². The molecule has 0 saturated heterocycles. The Kier molecular flexibility index (Phi) is 5.11. The molecule has 0 aliphatic heterocycles. The fourth-order valence-electron chi connectivity index (χ4n) is 1.41. The molecule has 0 saturated carbocycles. The van der Waals surface area contributed by atoms with Crippen LogP contribution in [0.4, 0.5) is 0 Å². The van der Waals surface area contributed by atoms with Gasteiger partial charge >= 0.3 is 0 Å². The molecular formula is C12H13BrClNO. The van der Waals surface area contributed by atoms with Crippen molar-refractivity contribution in [3.63, 3.8) is 0 Å². The van der Waals surface area contributed by atoms with Gasteiger partial charge in [-0.2, -0.15) is 5.26 Å². The average Bonchev–Trinajstić information content (AvgIpc) is 2.27. The van der Waals surface area contributed by atoms with Gasteiger partial charge in [0.15, 0.2) is 6.10 Å². The lowest BCUT2D eigenvalue weighted by Gasteiger charge is -2.16. The molecule has 86 valence electrons. The van der Waals surface area contributed by atoms with Crippen LogP contribution in [0.2, 0.25) is 0 Å². The van der Waals surface area contributed by atoms with E-state index in [1.165, 1.54) is 0 Å². The Morgan fingerprint density at radius 1 is 1.56 bits per heavy atom. The monoisotopic (exact) mass is 301 g/mol. The van der Waals surface area contributed by atoms with Gasteiger partial charge in [-0.15, -0.1) is 11.6 Å². The van der Waals surface area contributed by atoms with Crippen molar-refractivity contribution >= 4 is 27.5 Å². The number of ether oxygens (including phenoxy) is 1. The SMILES string of the molecule is CCC(C#N)Oc1c(C)cc(Br)cc1CCl. The first kappa shape index (κ1) is 13.3. The summed E-state index contributed by atoms with van der Waals surface area (Å²) in [7, 11) is 0. The van der Waals surface area contributed by atoms with Crippen LogP contribution in [0, 0.1) is 18.3 Å². The van der Waals surface area contributed by atoms with Crippen molar-refractivity contribution in [3.8, 4) is 11.8 Å². The quantitative estimate of drug-likeness (QED) is 0.782.